The molecule has 0 radical (unpaired) electrons. The second-order valence-electron chi connectivity index (χ2n) is 10.9. The van der Waals surface area contributed by atoms with Gasteiger partial charge < -0.3 is 23.7 Å². The zero-order chi connectivity index (χ0) is 29.6. The summed E-state index contributed by atoms with van der Waals surface area (Å²) in [6, 6.07) is 23.1. The molecule has 0 aliphatic heterocycles. The minimum Gasteiger partial charge on any atom is -0.497 e. The van der Waals surface area contributed by atoms with Crippen molar-refractivity contribution < 1.29 is 14.2 Å². The van der Waals surface area contributed by atoms with Crippen LogP contribution < -0.4 is 14.2 Å². The third kappa shape index (κ3) is 9.25. The molecule has 0 bridgehead atoms. The highest BCUT2D eigenvalue weighted by atomic mass is 16.5. The Morgan fingerprint density at radius 2 is 1.36 bits per heavy atom. The lowest BCUT2D eigenvalue weighted by Crippen LogP contribution is -2.25. The predicted octanol–water partition coefficient (Wildman–Crippen LogP) is 7.75. The summed E-state index contributed by atoms with van der Waals surface area (Å²) in [5.74, 6) is 3.91. The van der Waals surface area contributed by atoms with Crippen molar-refractivity contribution >= 4 is 11.0 Å². The molecule has 0 saturated heterocycles. The number of benzene rings is 3. The molecular weight excluding hydrogens is 522 g/mol. The maximum atomic E-state index is 6.14. The highest BCUT2D eigenvalue weighted by molar-refractivity contribution is 5.77. The van der Waals surface area contributed by atoms with Crippen LogP contribution in [-0.2, 0) is 25.8 Å². The molecule has 0 aliphatic carbocycles. The van der Waals surface area contributed by atoms with Gasteiger partial charge in [-0.3, -0.25) is 0 Å². The summed E-state index contributed by atoms with van der Waals surface area (Å²) in [6.45, 7) is 12.3. The van der Waals surface area contributed by atoms with Crippen molar-refractivity contribution in [3.8, 4) is 17.2 Å². The first-order chi connectivity index (χ1) is 20.6. The lowest BCUT2D eigenvalue weighted by Gasteiger charge is -2.17. The van der Waals surface area contributed by atoms with Crippen LogP contribution in [0.4, 0.5) is 0 Å². The largest absolute Gasteiger partial charge is 0.497 e. The van der Waals surface area contributed by atoms with E-state index in [1.54, 1.807) is 7.11 Å². The quantitative estimate of drug-likeness (QED) is 0.108. The zero-order valence-electron chi connectivity index (χ0n) is 26.1. The van der Waals surface area contributed by atoms with Gasteiger partial charge in [0.05, 0.1) is 31.4 Å². The summed E-state index contributed by atoms with van der Waals surface area (Å²) in [7, 11) is 1.69. The summed E-state index contributed by atoms with van der Waals surface area (Å²) < 4.78 is 19.8. The van der Waals surface area contributed by atoms with Crippen molar-refractivity contribution in [1.29, 1.82) is 0 Å². The van der Waals surface area contributed by atoms with E-state index in [1.165, 1.54) is 22.5 Å². The average Bonchev–Trinajstić information content (AvgIpc) is 3.37. The van der Waals surface area contributed by atoms with Crippen molar-refractivity contribution in [1.82, 2.24) is 14.5 Å². The SMILES string of the molecule is CCCCn1c(CCCc2ccc(OCCc3ccc(OC)cc3)cc2)nc2ccc(OCCCN(CC)CC)cc21. The van der Waals surface area contributed by atoms with Crippen molar-refractivity contribution in [2.45, 2.75) is 72.3 Å². The standard InChI is InChI=1S/C36H49N3O3/c1-5-8-25-39-35-28-33(41-26-10-24-38(6-2)7-3)21-22-34(35)37-36(39)12-9-11-29-15-19-32(20-16-29)42-27-23-30-13-17-31(40-4)18-14-30/h13-22,28H,5-12,23-27H2,1-4H3. The molecule has 0 unspecified atom stereocenters. The van der Waals surface area contributed by atoms with E-state index in [0.29, 0.717) is 6.61 Å². The smallest absolute Gasteiger partial charge is 0.121 e. The van der Waals surface area contributed by atoms with Crippen LogP contribution in [-0.4, -0.2) is 54.4 Å². The average molecular weight is 572 g/mol. The first-order valence-corrected chi connectivity index (χ1v) is 15.8. The molecule has 0 spiro atoms. The molecule has 6 heteroatoms. The van der Waals surface area contributed by atoms with E-state index in [-0.39, 0.29) is 0 Å². The summed E-state index contributed by atoms with van der Waals surface area (Å²) >= 11 is 0. The number of aryl methyl sites for hydroxylation is 3. The second kappa shape index (κ2) is 16.8. The van der Waals surface area contributed by atoms with Crippen LogP contribution in [0.2, 0.25) is 0 Å². The Morgan fingerprint density at radius 1 is 0.690 bits per heavy atom. The molecule has 0 amide bonds. The van der Waals surface area contributed by atoms with Gasteiger partial charge in [-0.15, -0.1) is 0 Å². The number of ether oxygens (including phenoxy) is 3. The van der Waals surface area contributed by atoms with Crippen LogP contribution in [0.1, 0.15) is 63.4 Å². The van der Waals surface area contributed by atoms with E-state index in [2.05, 4.69) is 84.8 Å². The Bertz CT molecular complexity index is 1330. The van der Waals surface area contributed by atoms with E-state index in [4.69, 9.17) is 19.2 Å². The number of nitrogens with zero attached hydrogens (tertiary/aromatic N) is 3. The van der Waals surface area contributed by atoms with Crippen molar-refractivity contribution in [2.24, 2.45) is 0 Å². The van der Waals surface area contributed by atoms with Gasteiger partial charge in [0.25, 0.3) is 0 Å². The molecule has 0 aliphatic rings. The minimum absolute atomic E-state index is 0.655. The monoisotopic (exact) mass is 571 g/mol. The molecule has 0 atom stereocenters. The number of imidazole rings is 1. The lowest BCUT2D eigenvalue weighted by atomic mass is 10.1. The van der Waals surface area contributed by atoms with Gasteiger partial charge in [0.2, 0.25) is 0 Å². The summed E-state index contributed by atoms with van der Waals surface area (Å²) in [5.41, 5.74) is 4.82. The molecule has 6 nitrogen and oxygen atoms in total. The topological polar surface area (TPSA) is 48.8 Å². The third-order valence-electron chi connectivity index (χ3n) is 7.92. The highest BCUT2D eigenvalue weighted by Crippen LogP contribution is 2.24. The normalized spacial score (nSPS) is 11.4. The first kappa shape index (κ1) is 31.4. The summed E-state index contributed by atoms with van der Waals surface area (Å²) in [6.07, 6.45) is 7.25. The highest BCUT2D eigenvalue weighted by Gasteiger charge is 2.12. The fourth-order valence-corrected chi connectivity index (χ4v) is 5.30. The first-order valence-electron chi connectivity index (χ1n) is 15.8. The van der Waals surface area contributed by atoms with Crippen molar-refractivity contribution in [3.05, 3.63) is 83.7 Å². The van der Waals surface area contributed by atoms with Gasteiger partial charge in [-0.25, -0.2) is 4.98 Å². The Balaban J connectivity index is 1.28. The van der Waals surface area contributed by atoms with Crippen molar-refractivity contribution in [2.75, 3.05) is 40.0 Å². The Morgan fingerprint density at radius 3 is 2.05 bits per heavy atom. The Labute approximate surface area is 252 Å². The third-order valence-corrected chi connectivity index (χ3v) is 7.92. The Kier molecular flexibility index (Phi) is 12.6. The van der Waals surface area contributed by atoms with Gasteiger partial charge in [0.1, 0.15) is 23.1 Å². The van der Waals surface area contributed by atoms with Gasteiger partial charge in [0, 0.05) is 32.0 Å². The van der Waals surface area contributed by atoms with Gasteiger partial charge in [-0.2, -0.15) is 0 Å². The number of hydrogen-bond donors (Lipinski definition) is 0. The van der Waals surface area contributed by atoms with Crippen LogP contribution in [0.5, 0.6) is 17.2 Å². The summed E-state index contributed by atoms with van der Waals surface area (Å²) in [4.78, 5) is 7.47. The number of rotatable bonds is 19. The van der Waals surface area contributed by atoms with Gasteiger partial charge >= 0.3 is 0 Å². The van der Waals surface area contributed by atoms with Gasteiger partial charge in [-0.05, 0) is 86.3 Å². The minimum atomic E-state index is 0.655. The summed E-state index contributed by atoms with van der Waals surface area (Å²) in [5, 5.41) is 0. The van der Waals surface area contributed by atoms with E-state index >= 15 is 0 Å². The van der Waals surface area contributed by atoms with E-state index in [9.17, 15) is 0 Å². The molecule has 4 aromatic rings. The molecule has 1 aromatic heterocycles. The number of hydrogen-bond acceptors (Lipinski definition) is 5. The second-order valence-corrected chi connectivity index (χ2v) is 10.9. The van der Waals surface area contributed by atoms with Gasteiger partial charge in [0.15, 0.2) is 0 Å². The Hall–Kier alpha value is -3.51. The van der Waals surface area contributed by atoms with E-state index < -0.39 is 0 Å². The molecular formula is C36H49N3O3. The van der Waals surface area contributed by atoms with Crippen LogP contribution >= 0.6 is 0 Å². The zero-order valence-corrected chi connectivity index (χ0v) is 26.1. The van der Waals surface area contributed by atoms with Gasteiger partial charge in [-0.1, -0.05) is 51.5 Å². The maximum Gasteiger partial charge on any atom is 0.121 e. The van der Waals surface area contributed by atoms with E-state index in [1.807, 2.05) is 12.1 Å². The molecule has 0 saturated carbocycles. The fraction of sp³-hybridized carbons (Fsp3) is 0.472. The molecule has 4 rings (SSSR count). The molecule has 1 heterocycles. The number of methoxy groups -OCH3 is 1. The lowest BCUT2D eigenvalue weighted by molar-refractivity contribution is 0.249. The van der Waals surface area contributed by atoms with Crippen LogP contribution in [0.15, 0.2) is 66.7 Å². The van der Waals surface area contributed by atoms with Crippen LogP contribution in [0, 0.1) is 0 Å². The van der Waals surface area contributed by atoms with E-state index in [0.717, 1.165) is 100 Å². The number of unbranched alkanes of at least 4 members (excludes halogenated alkanes) is 1. The number of fused-ring (bicyclic) bond motifs is 1. The maximum absolute atomic E-state index is 6.14. The number of aromatic nitrogens is 2. The van der Waals surface area contributed by atoms with Crippen LogP contribution in [0.3, 0.4) is 0 Å². The fourth-order valence-electron chi connectivity index (χ4n) is 5.30. The van der Waals surface area contributed by atoms with Crippen molar-refractivity contribution in [3.63, 3.8) is 0 Å². The predicted molar refractivity (Wildman–Crippen MR) is 173 cm³/mol. The van der Waals surface area contributed by atoms with Crippen LogP contribution in [0.25, 0.3) is 11.0 Å². The molecule has 226 valence electrons. The molecule has 3 aromatic carbocycles. The molecule has 42 heavy (non-hydrogen) atoms. The molecule has 0 N–H and O–H groups in total. The molecule has 0 fully saturated rings.